The molecule has 2 aliphatic rings. The molecule has 2 atom stereocenters. The lowest BCUT2D eigenvalue weighted by molar-refractivity contribution is 0.111. The zero-order valence-electron chi connectivity index (χ0n) is 15.8. The van der Waals surface area contributed by atoms with Gasteiger partial charge in [-0.2, -0.15) is 0 Å². The number of hydrogen-bond acceptors (Lipinski definition) is 3. The first-order valence-corrected chi connectivity index (χ1v) is 9.64. The number of rotatable bonds is 4. The maximum absolute atomic E-state index is 11.6. The molecule has 2 unspecified atom stereocenters. The molecule has 150 valence electrons. The van der Waals surface area contributed by atoms with Crippen LogP contribution in [0.15, 0.2) is 29.3 Å². The number of amides is 1. The second-order valence-corrected chi connectivity index (χ2v) is 7.28. The summed E-state index contributed by atoms with van der Waals surface area (Å²) < 4.78 is 4.79. The quantitative estimate of drug-likeness (QED) is 0.372. The number of nitrogens with zero attached hydrogens (tertiary/aromatic N) is 2. The van der Waals surface area contributed by atoms with Crippen molar-refractivity contribution in [2.75, 3.05) is 26.7 Å². The number of aliphatic imine (C=N–C) groups is 1. The summed E-state index contributed by atoms with van der Waals surface area (Å²) in [6.07, 6.45) is 2.63. The Kier molecular flexibility index (Phi) is 8.47. The van der Waals surface area contributed by atoms with Crippen LogP contribution in [0.2, 0.25) is 5.02 Å². The Bertz CT molecular complexity index is 665. The minimum absolute atomic E-state index is 0. The van der Waals surface area contributed by atoms with Crippen molar-refractivity contribution in [3.05, 3.63) is 34.9 Å². The van der Waals surface area contributed by atoms with E-state index in [0.717, 1.165) is 36.8 Å². The molecule has 27 heavy (non-hydrogen) atoms. The Morgan fingerprint density at radius 2 is 2.07 bits per heavy atom. The van der Waals surface area contributed by atoms with E-state index in [1.165, 1.54) is 12.7 Å². The molecule has 1 heterocycles. The molecule has 0 bridgehead atoms. The van der Waals surface area contributed by atoms with Gasteiger partial charge in [0.1, 0.15) is 0 Å². The number of carbonyl (C=O) groups excluding carboxylic acids is 1. The molecule has 1 aromatic carbocycles. The van der Waals surface area contributed by atoms with Crippen LogP contribution in [0.25, 0.3) is 0 Å². The smallest absolute Gasteiger partial charge is 0.409 e. The van der Waals surface area contributed by atoms with Crippen molar-refractivity contribution in [1.29, 1.82) is 0 Å². The lowest BCUT2D eigenvalue weighted by Crippen LogP contribution is -2.50. The fraction of sp³-hybridized carbons (Fsp3) is 0.579. The number of halogens is 2. The van der Waals surface area contributed by atoms with Crippen LogP contribution >= 0.6 is 35.6 Å². The predicted molar refractivity (Wildman–Crippen MR) is 119 cm³/mol. The van der Waals surface area contributed by atoms with E-state index in [2.05, 4.69) is 21.7 Å². The number of benzene rings is 1. The van der Waals surface area contributed by atoms with Gasteiger partial charge in [0.15, 0.2) is 5.96 Å². The van der Waals surface area contributed by atoms with Crippen LogP contribution in [-0.4, -0.2) is 55.8 Å². The Morgan fingerprint density at radius 3 is 2.70 bits per heavy atom. The molecule has 1 amide bonds. The molecule has 1 saturated carbocycles. The molecule has 1 aliphatic heterocycles. The van der Waals surface area contributed by atoms with Gasteiger partial charge in [-0.3, -0.25) is 4.99 Å². The minimum atomic E-state index is -0.244. The highest BCUT2D eigenvalue weighted by atomic mass is 127. The molecule has 0 spiro atoms. The van der Waals surface area contributed by atoms with E-state index in [1.807, 2.05) is 25.1 Å². The standard InChI is InChI=1S/C19H27ClN4O2.HI/c1-3-21-18(22-15-7-9-24(10-8-15)19(25)26-2)23-17-12-16(17)13-5-4-6-14(20)11-13;/h4-6,11,15-17H,3,7-10,12H2,1-2H3,(H2,21,22,23);1H. The zero-order valence-corrected chi connectivity index (χ0v) is 18.9. The maximum Gasteiger partial charge on any atom is 0.409 e. The number of guanidine groups is 1. The van der Waals surface area contributed by atoms with E-state index in [4.69, 9.17) is 16.3 Å². The zero-order chi connectivity index (χ0) is 18.5. The number of hydrogen-bond donors (Lipinski definition) is 2. The van der Waals surface area contributed by atoms with Crippen LogP contribution < -0.4 is 10.6 Å². The van der Waals surface area contributed by atoms with Crippen LogP contribution in [0, 0.1) is 0 Å². The van der Waals surface area contributed by atoms with Gasteiger partial charge >= 0.3 is 6.09 Å². The molecule has 1 aliphatic carbocycles. The molecular weight excluding hydrogens is 479 g/mol. The van der Waals surface area contributed by atoms with Crippen molar-refractivity contribution in [3.63, 3.8) is 0 Å². The Morgan fingerprint density at radius 1 is 1.33 bits per heavy atom. The van der Waals surface area contributed by atoms with Crippen molar-refractivity contribution < 1.29 is 9.53 Å². The van der Waals surface area contributed by atoms with Gasteiger partial charge in [0.05, 0.1) is 7.11 Å². The second kappa shape index (κ2) is 10.4. The molecule has 3 rings (SSSR count). The van der Waals surface area contributed by atoms with Crippen molar-refractivity contribution in [1.82, 2.24) is 15.5 Å². The molecule has 0 aromatic heterocycles. The van der Waals surface area contributed by atoms with Gasteiger partial charge in [-0.15, -0.1) is 24.0 Å². The molecule has 1 saturated heterocycles. The lowest BCUT2D eigenvalue weighted by Gasteiger charge is -2.32. The largest absolute Gasteiger partial charge is 0.453 e. The number of nitrogens with one attached hydrogen (secondary N) is 2. The summed E-state index contributed by atoms with van der Waals surface area (Å²) in [5.41, 5.74) is 1.28. The van der Waals surface area contributed by atoms with E-state index in [9.17, 15) is 4.79 Å². The van der Waals surface area contributed by atoms with Gasteiger partial charge in [0, 0.05) is 42.7 Å². The van der Waals surface area contributed by atoms with E-state index >= 15 is 0 Å². The van der Waals surface area contributed by atoms with Gasteiger partial charge in [-0.1, -0.05) is 23.7 Å². The summed E-state index contributed by atoms with van der Waals surface area (Å²) in [4.78, 5) is 17.9. The van der Waals surface area contributed by atoms with Crippen molar-refractivity contribution in [2.24, 2.45) is 4.99 Å². The van der Waals surface area contributed by atoms with Crippen molar-refractivity contribution in [2.45, 2.75) is 44.2 Å². The van der Waals surface area contributed by atoms with Gasteiger partial charge in [-0.05, 0) is 43.9 Å². The molecule has 2 N–H and O–H groups in total. The Hall–Kier alpha value is -1.22. The first-order valence-electron chi connectivity index (χ1n) is 9.26. The molecule has 2 fully saturated rings. The van der Waals surface area contributed by atoms with Gasteiger partial charge in [0.25, 0.3) is 0 Å². The number of piperidine rings is 1. The summed E-state index contributed by atoms with van der Waals surface area (Å²) in [5.74, 6) is 1.34. The maximum atomic E-state index is 11.6. The first-order chi connectivity index (χ1) is 12.6. The molecule has 1 aromatic rings. The van der Waals surface area contributed by atoms with Gasteiger partial charge in [-0.25, -0.2) is 4.79 Å². The SMILES string of the molecule is CCN=C(NC1CCN(C(=O)OC)CC1)NC1CC1c1cccc(Cl)c1.I. The highest BCUT2D eigenvalue weighted by Crippen LogP contribution is 2.41. The van der Waals surface area contributed by atoms with E-state index in [0.29, 0.717) is 31.1 Å². The average Bonchev–Trinajstić information content (AvgIpc) is 3.41. The van der Waals surface area contributed by atoms with E-state index in [1.54, 1.807) is 4.90 Å². The van der Waals surface area contributed by atoms with E-state index in [-0.39, 0.29) is 30.1 Å². The molecular formula is C19H28ClIN4O2. The molecule has 0 radical (unpaired) electrons. The highest BCUT2D eigenvalue weighted by Gasteiger charge is 2.39. The number of likely N-dealkylation sites (tertiary alicyclic amines) is 1. The summed E-state index contributed by atoms with van der Waals surface area (Å²) in [6.45, 7) is 4.17. The Balaban J connectivity index is 0.00000261. The summed E-state index contributed by atoms with van der Waals surface area (Å²) in [7, 11) is 1.43. The monoisotopic (exact) mass is 506 g/mol. The highest BCUT2D eigenvalue weighted by molar-refractivity contribution is 14.0. The van der Waals surface area contributed by atoms with Crippen molar-refractivity contribution >= 4 is 47.6 Å². The van der Waals surface area contributed by atoms with Crippen LogP contribution in [0.4, 0.5) is 4.79 Å². The minimum Gasteiger partial charge on any atom is -0.453 e. The third-order valence-electron chi connectivity index (χ3n) is 4.97. The second-order valence-electron chi connectivity index (χ2n) is 6.85. The average molecular weight is 507 g/mol. The molecule has 6 nitrogen and oxygen atoms in total. The van der Waals surface area contributed by atoms with Crippen LogP contribution in [0.1, 0.15) is 37.7 Å². The summed E-state index contributed by atoms with van der Waals surface area (Å²) in [6, 6.07) is 8.79. The first kappa shape index (κ1) is 22.1. The van der Waals surface area contributed by atoms with E-state index < -0.39 is 0 Å². The topological polar surface area (TPSA) is 66.0 Å². The van der Waals surface area contributed by atoms with Crippen LogP contribution in [0.5, 0.6) is 0 Å². The number of carbonyl (C=O) groups is 1. The van der Waals surface area contributed by atoms with Crippen LogP contribution in [-0.2, 0) is 4.74 Å². The predicted octanol–water partition coefficient (Wildman–Crippen LogP) is 3.60. The lowest BCUT2D eigenvalue weighted by atomic mass is 10.1. The summed E-state index contributed by atoms with van der Waals surface area (Å²) in [5, 5.41) is 7.85. The molecule has 8 heteroatoms. The number of ether oxygens (including phenoxy) is 1. The fourth-order valence-corrected chi connectivity index (χ4v) is 3.65. The fourth-order valence-electron chi connectivity index (χ4n) is 3.46. The van der Waals surface area contributed by atoms with Gasteiger partial charge in [0.2, 0.25) is 0 Å². The Labute approximate surface area is 183 Å². The summed E-state index contributed by atoms with van der Waals surface area (Å²) >= 11 is 6.10. The normalized spacial score (nSPS) is 22.6. The number of methoxy groups -OCH3 is 1. The third-order valence-corrected chi connectivity index (χ3v) is 5.21. The third kappa shape index (κ3) is 6.14. The van der Waals surface area contributed by atoms with Crippen molar-refractivity contribution in [3.8, 4) is 0 Å². The van der Waals surface area contributed by atoms with Gasteiger partial charge < -0.3 is 20.3 Å². The van der Waals surface area contributed by atoms with Crippen LogP contribution in [0.3, 0.4) is 0 Å².